The molecule has 0 saturated heterocycles. The number of rotatable bonds is 8. The summed E-state index contributed by atoms with van der Waals surface area (Å²) in [7, 11) is 1.58. The molecule has 0 bridgehead atoms. The van der Waals surface area contributed by atoms with Crippen molar-refractivity contribution in [1.29, 1.82) is 0 Å². The van der Waals surface area contributed by atoms with Crippen molar-refractivity contribution in [3.05, 3.63) is 60.7 Å². The van der Waals surface area contributed by atoms with Gasteiger partial charge in [-0.1, -0.05) is 0 Å². The third-order valence-electron chi connectivity index (χ3n) is 4.14. The van der Waals surface area contributed by atoms with Gasteiger partial charge in [-0.05, 0) is 57.2 Å². The van der Waals surface area contributed by atoms with Crippen molar-refractivity contribution in [3.8, 4) is 11.6 Å². The average molecular weight is 453 g/mol. The van der Waals surface area contributed by atoms with Gasteiger partial charge in [0.25, 0.3) is 5.91 Å². The van der Waals surface area contributed by atoms with E-state index in [1.165, 1.54) is 12.3 Å². The zero-order valence-corrected chi connectivity index (χ0v) is 19.0. The minimum Gasteiger partial charge on any atom is -0.490 e. The molecule has 33 heavy (non-hydrogen) atoms. The monoisotopic (exact) mass is 453 g/mol. The molecule has 3 aromatic rings. The van der Waals surface area contributed by atoms with Crippen LogP contribution in [0.5, 0.6) is 5.75 Å². The highest BCUT2D eigenvalue weighted by molar-refractivity contribution is 6.05. The highest BCUT2D eigenvalue weighted by Gasteiger charge is 2.19. The van der Waals surface area contributed by atoms with Crippen molar-refractivity contribution in [3.63, 3.8) is 0 Å². The smallest absolute Gasteiger partial charge is 0.412 e. The van der Waals surface area contributed by atoms with Crippen LogP contribution in [0, 0.1) is 0 Å². The van der Waals surface area contributed by atoms with Gasteiger partial charge in [0.2, 0.25) is 0 Å². The second-order valence-electron chi connectivity index (χ2n) is 7.96. The lowest BCUT2D eigenvalue weighted by Gasteiger charge is -2.20. The van der Waals surface area contributed by atoms with Crippen molar-refractivity contribution in [2.24, 2.45) is 0 Å². The molecule has 0 aromatic carbocycles. The minimum atomic E-state index is -0.678. The zero-order valence-electron chi connectivity index (χ0n) is 19.0. The second-order valence-corrected chi connectivity index (χ2v) is 7.96. The fourth-order valence-electron chi connectivity index (χ4n) is 2.70. The summed E-state index contributed by atoms with van der Waals surface area (Å²) in [5, 5.41) is 5.35. The molecule has 10 nitrogen and oxygen atoms in total. The third kappa shape index (κ3) is 7.04. The van der Waals surface area contributed by atoms with Crippen LogP contribution >= 0.6 is 0 Å². The molecule has 0 fully saturated rings. The molecule has 0 unspecified atom stereocenters. The Morgan fingerprint density at radius 2 is 1.79 bits per heavy atom. The summed E-state index contributed by atoms with van der Waals surface area (Å²) in [4.78, 5) is 33.7. The van der Waals surface area contributed by atoms with Gasteiger partial charge in [-0.25, -0.2) is 14.8 Å². The number of nitrogens with one attached hydrogen (secondary N) is 2. The van der Waals surface area contributed by atoms with Crippen molar-refractivity contribution >= 4 is 23.5 Å². The zero-order chi connectivity index (χ0) is 23.8. The van der Waals surface area contributed by atoms with E-state index >= 15 is 0 Å². The first-order valence-electron chi connectivity index (χ1n) is 10.3. The lowest BCUT2D eigenvalue weighted by molar-refractivity contribution is 0.0635. The fraction of sp³-hybridized carbons (Fsp3) is 0.304. The van der Waals surface area contributed by atoms with Gasteiger partial charge in [0.15, 0.2) is 5.82 Å². The Labute approximate surface area is 191 Å². The standard InChI is InChI=1S/C23H27N5O5/c1-23(2,3)33-22(30)25-17-9-10-19(28-11-5-6-12-28)26-20(17)27-21(29)18-8-7-16(15-24-18)32-14-13-31-4/h5-12,15H,13-14H2,1-4H3,(H,25,30)(H,26,27,29). The Hall–Kier alpha value is -3.92. The van der Waals surface area contributed by atoms with Crippen LogP contribution in [0.25, 0.3) is 5.82 Å². The number of methoxy groups -OCH3 is 1. The van der Waals surface area contributed by atoms with Crippen molar-refractivity contribution in [2.75, 3.05) is 31.0 Å². The molecule has 174 valence electrons. The van der Waals surface area contributed by atoms with Gasteiger partial charge >= 0.3 is 6.09 Å². The quantitative estimate of drug-likeness (QED) is 0.497. The first-order chi connectivity index (χ1) is 15.7. The fourth-order valence-corrected chi connectivity index (χ4v) is 2.70. The van der Waals surface area contributed by atoms with Crippen LogP contribution in [0.15, 0.2) is 55.0 Å². The summed E-state index contributed by atoms with van der Waals surface area (Å²) in [5.41, 5.74) is -0.235. The van der Waals surface area contributed by atoms with E-state index in [0.717, 1.165) is 0 Å². The van der Waals surface area contributed by atoms with Crippen LogP contribution in [-0.4, -0.2) is 52.5 Å². The van der Waals surface area contributed by atoms with Crippen molar-refractivity contribution in [1.82, 2.24) is 14.5 Å². The number of aromatic nitrogens is 3. The van der Waals surface area contributed by atoms with Gasteiger partial charge in [0.1, 0.15) is 29.5 Å². The second kappa shape index (κ2) is 10.6. The lowest BCUT2D eigenvalue weighted by Crippen LogP contribution is -2.28. The molecule has 0 aliphatic heterocycles. The number of amides is 2. The van der Waals surface area contributed by atoms with Crippen LogP contribution in [0.4, 0.5) is 16.3 Å². The van der Waals surface area contributed by atoms with Crippen molar-refractivity contribution < 1.29 is 23.8 Å². The van der Waals surface area contributed by atoms with E-state index in [-0.39, 0.29) is 17.2 Å². The normalized spacial score (nSPS) is 11.0. The molecule has 0 spiro atoms. The largest absolute Gasteiger partial charge is 0.490 e. The molecule has 0 aliphatic carbocycles. The molecular weight excluding hydrogens is 426 g/mol. The van der Waals surface area contributed by atoms with Gasteiger partial charge in [-0.2, -0.15) is 0 Å². The Balaban J connectivity index is 1.80. The van der Waals surface area contributed by atoms with Gasteiger partial charge in [0, 0.05) is 19.5 Å². The average Bonchev–Trinajstić information content (AvgIpc) is 3.29. The maximum Gasteiger partial charge on any atom is 0.412 e. The van der Waals surface area contributed by atoms with Gasteiger partial charge in [-0.3, -0.25) is 10.1 Å². The number of hydrogen-bond donors (Lipinski definition) is 2. The number of carbonyl (C=O) groups is 2. The molecule has 2 amide bonds. The third-order valence-corrected chi connectivity index (χ3v) is 4.14. The number of pyridine rings is 2. The first kappa shape index (κ1) is 23.7. The van der Waals surface area contributed by atoms with Crippen LogP contribution in [-0.2, 0) is 9.47 Å². The van der Waals surface area contributed by atoms with E-state index < -0.39 is 17.6 Å². The predicted octanol–water partition coefficient (Wildman–Crippen LogP) is 3.89. The number of carbonyl (C=O) groups excluding carboxylic acids is 2. The highest BCUT2D eigenvalue weighted by atomic mass is 16.6. The van der Waals surface area contributed by atoms with E-state index in [1.54, 1.807) is 50.6 Å². The number of ether oxygens (including phenoxy) is 3. The molecule has 3 rings (SSSR count). The van der Waals surface area contributed by atoms with Gasteiger partial charge < -0.3 is 24.1 Å². The van der Waals surface area contributed by atoms with E-state index in [0.29, 0.717) is 24.8 Å². The molecule has 0 atom stereocenters. The maximum atomic E-state index is 12.8. The predicted molar refractivity (Wildman–Crippen MR) is 123 cm³/mol. The van der Waals surface area contributed by atoms with E-state index in [1.807, 2.05) is 24.5 Å². The summed E-state index contributed by atoms with van der Waals surface area (Å²) in [6, 6.07) is 10.2. The lowest BCUT2D eigenvalue weighted by atomic mass is 10.2. The van der Waals surface area contributed by atoms with Crippen LogP contribution in [0.1, 0.15) is 31.3 Å². The number of hydrogen-bond acceptors (Lipinski definition) is 7. The Morgan fingerprint density at radius 3 is 2.42 bits per heavy atom. The van der Waals surface area contributed by atoms with Crippen LogP contribution in [0.3, 0.4) is 0 Å². The summed E-state index contributed by atoms with van der Waals surface area (Å²) >= 11 is 0. The molecule has 0 saturated carbocycles. The number of nitrogens with zero attached hydrogens (tertiary/aromatic N) is 3. The Bertz CT molecular complexity index is 1080. The highest BCUT2D eigenvalue weighted by Crippen LogP contribution is 2.23. The van der Waals surface area contributed by atoms with Crippen LogP contribution < -0.4 is 15.4 Å². The van der Waals surface area contributed by atoms with E-state index in [2.05, 4.69) is 20.6 Å². The minimum absolute atomic E-state index is 0.152. The van der Waals surface area contributed by atoms with Crippen molar-refractivity contribution in [2.45, 2.75) is 26.4 Å². The molecule has 0 aliphatic rings. The van der Waals surface area contributed by atoms with Crippen LogP contribution in [0.2, 0.25) is 0 Å². The summed E-state index contributed by atoms with van der Waals surface area (Å²) in [6.07, 6.45) is 4.43. The maximum absolute atomic E-state index is 12.8. The van der Waals surface area contributed by atoms with Gasteiger partial charge in [0.05, 0.1) is 18.5 Å². The van der Waals surface area contributed by atoms with E-state index in [4.69, 9.17) is 14.2 Å². The summed E-state index contributed by atoms with van der Waals surface area (Å²) in [6.45, 7) is 6.10. The number of anilines is 2. The Kier molecular flexibility index (Phi) is 7.62. The molecule has 0 radical (unpaired) electrons. The summed E-state index contributed by atoms with van der Waals surface area (Å²) < 4.78 is 17.5. The first-order valence-corrected chi connectivity index (χ1v) is 10.3. The molecule has 2 N–H and O–H groups in total. The molecule has 3 heterocycles. The molecule has 10 heteroatoms. The SMILES string of the molecule is COCCOc1ccc(C(=O)Nc2nc(-n3cccc3)ccc2NC(=O)OC(C)(C)C)nc1. The topological polar surface area (TPSA) is 117 Å². The molecular formula is C23H27N5O5. The van der Waals surface area contributed by atoms with E-state index in [9.17, 15) is 9.59 Å². The summed E-state index contributed by atoms with van der Waals surface area (Å²) in [5.74, 6) is 0.727. The van der Waals surface area contributed by atoms with Gasteiger partial charge in [-0.15, -0.1) is 0 Å². The molecule has 3 aromatic heterocycles. The Morgan fingerprint density at radius 1 is 1.03 bits per heavy atom.